The monoisotopic (exact) mass is 382 g/mol. The van der Waals surface area contributed by atoms with Crippen molar-refractivity contribution >= 4 is 23.2 Å². The standard InChI is InChI=1S/C22H26N2O4/c1-27-19-13-12-16(14-20(19)28-2)23-22(26)17-10-6-7-11-18(17)24-21(25)15-8-4-3-5-9-15/h6-7,10-15H,3-5,8-9H2,1-2H3,(H,23,26)(H,24,25). The Labute approximate surface area is 165 Å². The van der Waals surface area contributed by atoms with Crippen LogP contribution in [0.25, 0.3) is 0 Å². The van der Waals surface area contributed by atoms with Crippen molar-refractivity contribution in [3.63, 3.8) is 0 Å². The lowest BCUT2D eigenvalue weighted by Crippen LogP contribution is -2.26. The van der Waals surface area contributed by atoms with Crippen LogP contribution in [0.15, 0.2) is 42.5 Å². The second-order valence-corrected chi connectivity index (χ2v) is 6.89. The second-order valence-electron chi connectivity index (χ2n) is 6.89. The summed E-state index contributed by atoms with van der Waals surface area (Å²) in [5, 5.41) is 5.79. The van der Waals surface area contributed by atoms with Gasteiger partial charge in [0.15, 0.2) is 11.5 Å². The molecule has 0 unspecified atom stereocenters. The number of hydrogen-bond donors (Lipinski definition) is 2. The van der Waals surface area contributed by atoms with Crippen LogP contribution in [0.4, 0.5) is 11.4 Å². The first-order valence-electron chi connectivity index (χ1n) is 9.55. The van der Waals surface area contributed by atoms with E-state index in [-0.39, 0.29) is 17.7 Å². The van der Waals surface area contributed by atoms with Gasteiger partial charge >= 0.3 is 0 Å². The van der Waals surface area contributed by atoms with Gasteiger partial charge in [-0.1, -0.05) is 31.4 Å². The molecule has 6 nitrogen and oxygen atoms in total. The number of anilines is 2. The molecule has 0 saturated heterocycles. The largest absolute Gasteiger partial charge is 0.493 e. The number of hydrogen-bond acceptors (Lipinski definition) is 4. The minimum Gasteiger partial charge on any atom is -0.493 e. The molecule has 2 aromatic rings. The Bertz CT molecular complexity index is 844. The van der Waals surface area contributed by atoms with Crippen molar-refractivity contribution in [3.05, 3.63) is 48.0 Å². The highest BCUT2D eigenvalue weighted by atomic mass is 16.5. The van der Waals surface area contributed by atoms with Gasteiger partial charge < -0.3 is 20.1 Å². The van der Waals surface area contributed by atoms with Crippen molar-refractivity contribution < 1.29 is 19.1 Å². The molecule has 1 fully saturated rings. The minimum absolute atomic E-state index is 0.00827. The number of benzene rings is 2. The summed E-state index contributed by atoms with van der Waals surface area (Å²) >= 11 is 0. The molecule has 28 heavy (non-hydrogen) atoms. The van der Waals surface area contributed by atoms with Crippen molar-refractivity contribution in [1.29, 1.82) is 0 Å². The Morgan fingerprint density at radius 1 is 0.893 bits per heavy atom. The average molecular weight is 382 g/mol. The third-order valence-electron chi connectivity index (χ3n) is 5.05. The summed E-state index contributed by atoms with van der Waals surface area (Å²) in [6, 6.07) is 12.2. The molecule has 1 saturated carbocycles. The molecule has 2 amide bonds. The van der Waals surface area contributed by atoms with Gasteiger partial charge in [0.25, 0.3) is 5.91 Å². The predicted octanol–water partition coefficient (Wildman–Crippen LogP) is 4.47. The van der Waals surface area contributed by atoms with Crippen LogP contribution >= 0.6 is 0 Å². The summed E-state index contributed by atoms with van der Waals surface area (Å²) in [7, 11) is 3.10. The Morgan fingerprint density at radius 3 is 2.32 bits per heavy atom. The number of amides is 2. The fraction of sp³-hybridized carbons (Fsp3) is 0.364. The van der Waals surface area contributed by atoms with Gasteiger partial charge in [-0.25, -0.2) is 0 Å². The molecule has 1 aliphatic carbocycles. The summed E-state index contributed by atoms with van der Waals surface area (Å²) in [6.45, 7) is 0. The summed E-state index contributed by atoms with van der Waals surface area (Å²) < 4.78 is 10.5. The quantitative estimate of drug-likeness (QED) is 0.772. The second kappa shape index (κ2) is 9.26. The van der Waals surface area contributed by atoms with E-state index in [4.69, 9.17) is 9.47 Å². The summed E-state index contributed by atoms with van der Waals surface area (Å²) in [5.74, 6) is 0.827. The average Bonchev–Trinajstić information content (AvgIpc) is 2.74. The van der Waals surface area contributed by atoms with Crippen molar-refractivity contribution in [1.82, 2.24) is 0 Å². The third-order valence-corrected chi connectivity index (χ3v) is 5.05. The zero-order valence-corrected chi connectivity index (χ0v) is 16.3. The van der Waals surface area contributed by atoms with Gasteiger partial charge in [-0.15, -0.1) is 0 Å². The predicted molar refractivity (Wildman–Crippen MR) is 109 cm³/mol. The van der Waals surface area contributed by atoms with Crippen LogP contribution in [-0.2, 0) is 4.79 Å². The number of rotatable bonds is 6. The fourth-order valence-corrected chi connectivity index (χ4v) is 3.50. The number of methoxy groups -OCH3 is 2. The molecule has 1 aliphatic rings. The number of carbonyl (C=O) groups is 2. The molecule has 6 heteroatoms. The first-order valence-corrected chi connectivity index (χ1v) is 9.55. The van der Waals surface area contributed by atoms with Crippen LogP contribution in [0.5, 0.6) is 11.5 Å². The van der Waals surface area contributed by atoms with Gasteiger partial charge in [-0.3, -0.25) is 9.59 Å². The highest BCUT2D eigenvalue weighted by Gasteiger charge is 2.22. The Morgan fingerprint density at radius 2 is 1.61 bits per heavy atom. The summed E-state index contributed by atoms with van der Waals surface area (Å²) in [4.78, 5) is 25.4. The highest BCUT2D eigenvalue weighted by molar-refractivity contribution is 6.10. The molecule has 0 bridgehead atoms. The SMILES string of the molecule is COc1ccc(NC(=O)c2ccccc2NC(=O)C2CCCCC2)cc1OC. The van der Waals surface area contributed by atoms with Gasteiger partial charge in [0.05, 0.1) is 25.5 Å². The molecule has 2 aromatic carbocycles. The van der Waals surface area contributed by atoms with E-state index in [1.54, 1.807) is 50.6 Å². The molecule has 0 radical (unpaired) electrons. The molecule has 0 atom stereocenters. The van der Waals surface area contributed by atoms with E-state index in [1.807, 2.05) is 6.07 Å². The van der Waals surface area contributed by atoms with E-state index in [9.17, 15) is 9.59 Å². The molecule has 0 spiro atoms. The Hall–Kier alpha value is -3.02. The van der Waals surface area contributed by atoms with Gasteiger partial charge in [0, 0.05) is 17.7 Å². The Kier molecular flexibility index (Phi) is 6.53. The molecule has 0 aliphatic heterocycles. The summed E-state index contributed by atoms with van der Waals surface area (Å²) in [6.07, 6.45) is 5.17. The molecular weight excluding hydrogens is 356 g/mol. The molecule has 3 rings (SSSR count). The van der Waals surface area contributed by atoms with Gasteiger partial charge in [-0.05, 0) is 37.1 Å². The highest BCUT2D eigenvalue weighted by Crippen LogP contribution is 2.30. The molecule has 148 valence electrons. The molecule has 2 N–H and O–H groups in total. The first kappa shape index (κ1) is 19.7. The third kappa shape index (κ3) is 4.63. The zero-order valence-electron chi connectivity index (χ0n) is 16.3. The van der Waals surface area contributed by atoms with Crippen molar-refractivity contribution in [2.24, 2.45) is 5.92 Å². The number of nitrogens with one attached hydrogen (secondary N) is 2. The Balaban J connectivity index is 1.74. The lowest BCUT2D eigenvalue weighted by atomic mass is 9.88. The van der Waals surface area contributed by atoms with Crippen LogP contribution < -0.4 is 20.1 Å². The van der Waals surface area contributed by atoms with Crippen molar-refractivity contribution in [3.8, 4) is 11.5 Å². The lowest BCUT2D eigenvalue weighted by Gasteiger charge is -2.21. The van der Waals surface area contributed by atoms with Crippen LogP contribution in [-0.4, -0.2) is 26.0 Å². The van der Waals surface area contributed by atoms with Crippen LogP contribution in [0, 0.1) is 5.92 Å². The van der Waals surface area contributed by atoms with Gasteiger partial charge in [0.1, 0.15) is 0 Å². The van der Waals surface area contributed by atoms with E-state index >= 15 is 0 Å². The van der Waals surface area contributed by atoms with Crippen LogP contribution in [0.2, 0.25) is 0 Å². The van der Waals surface area contributed by atoms with E-state index in [1.165, 1.54) is 6.42 Å². The van der Waals surface area contributed by atoms with E-state index in [0.717, 1.165) is 25.7 Å². The molecular formula is C22H26N2O4. The number of para-hydroxylation sites is 1. The van der Waals surface area contributed by atoms with E-state index in [2.05, 4.69) is 10.6 Å². The fourth-order valence-electron chi connectivity index (χ4n) is 3.50. The maximum atomic E-state index is 12.8. The number of ether oxygens (including phenoxy) is 2. The smallest absolute Gasteiger partial charge is 0.257 e. The number of carbonyl (C=O) groups excluding carboxylic acids is 2. The van der Waals surface area contributed by atoms with E-state index < -0.39 is 0 Å². The molecule has 0 heterocycles. The lowest BCUT2D eigenvalue weighted by molar-refractivity contribution is -0.120. The van der Waals surface area contributed by atoms with Crippen LogP contribution in [0.1, 0.15) is 42.5 Å². The minimum atomic E-state index is -0.299. The topological polar surface area (TPSA) is 76.7 Å². The van der Waals surface area contributed by atoms with Crippen molar-refractivity contribution in [2.75, 3.05) is 24.9 Å². The normalized spacial score (nSPS) is 14.2. The zero-order chi connectivity index (χ0) is 19.9. The maximum absolute atomic E-state index is 12.8. The van der Waals surface area contributed by atoms with Crippen LogP contribution in [0.3, 0.4) is 0 Å². The van der Waals surface area contributed by atoms with Gasteiger partial charge in [0.2, 0.25) is 5.91 Å². The summed E-state index contributed by atoms with van der Waals surface area (Å²) in [5.41, 5.74) is 1.52. The molecule has 0 aromatic heterocycles. The van der Waals surface area contributed by atoms with E-state index in [0.29, 0.717) is 28.4 Å². The van der Waals surface area contributed by atoms with Crippen molar-refractivity contribution in [2.45, 2.75) is 32.1 Å². The van der Waals surface area contributed by atoms with Gasteiger partial charge in [-0.2, -0.15) is 0 Å². The first-order chi connectivity index (χ1) is 13.6. The maximum Gasteiger partial charge on any atom is 0.257 e.